The molecule has 2 N–H and O–H groups in total. The number of para-hydroxylation sites is 2. The van der Waals surface area contributed by atoms with Gasteiger partial charge in [-0.05, 0) is 61.5 Å². The molecule has 3 rings (SSSR count). The zero-order chi connectivity index (χ0) is 16.4. The molecule has 0 atom stereocenters. The first-order chi connectivity index (χ1) is 11.1. The van der Waals surface area contributed by atoms with Gasteiger partial charge in [0, 0.05) is 0 Å². The number of aryl methyl sites for hydroxylation is 2. The summed E-state index contributed by atoms with van der Waals surface area (Å²) in [5, 5.41) is 7.54. The second-order valence-electron chi connectivity index (χ2n) is 5.20. The number of rotatable bonds is 3. The maximum atomic E-state index is 5.37. The zero-order valence-corrected chi connectivity index (χ0v) is 14.8. The van der Waals surface area contributed by atoms with E-state index in [1.54, 1.807) is 18.4 Å². The van der Waals surface area contributed by atoms with Crippen molar-refractivity contribution in [2.45, 2.75) is 13.8 Å². The molecule has 23 heavy (non-hydrogen) atoms. The quantitative estimate of drug-likeness (QED) is 0.673. The predicted octanol–water partition coefficient (Wildman–Crippen LogP) is 4.73. The summed E-state index contributed by atoms with van der Waals surface area (Å²) >= 11 is 6.96. The number of methoxy groups -OCH3 is 1. The van der Waals surface area contributed by atoms with Crippen LogP contribution in [0.2, 0.25) is 0 Å². The van der Waals surface area contributed by atoms with Crippen molar-refractivity contribution in [3.8, 4) is 5.75 Å². The standard InChI is InChI=1S/C17H17N3OS2/c1-10-8-13-15(9-11(10)2)23-17(19-13)20-16(22)18-12-6-4-5-7-14(12)21-3/h4-9H,1-3H3,(H2,18,19,20,22). The van der Waals surface area contributed by atoms with Gasteiger partial charge in [0.2, 0.25) is 0 Å². The molecular formula is C17H17N3OS2. The van der Waals surface area contributed by atoms with Crippen molar-refractivity contribution in [2.75, 3.05) is 17.7 Å². The molecule has 1 aromatic heterocycles. The number of benzene rings is 2. The molecule has 0 fully saturated rings. The highest BCUT2D eigenvalue weighted by Crippen LogP contribution is 2.29. The number of hydrogen-bond donors (Lipinski definition) is 2. The second kappa shape index (κ2) is 6.52. The lowest BCUT2D eigenvalue weighted by Gasteiger charge is -2.11. The Morgan fingerprint density at radius 3 is 2.65 bits per heavy atom. The van der Waals surface area contributed by atoms with Gasteiger partial charge in [-0.25, -0.2) is 4.98 Å². The van der Waals surface area contributed by atoms with E-state index in [2.05, 4.69) is 41.6 Å². The summed E-state index contributed by atoms with van der Waals surface area (Å²) in [5.74, 6) is 0.743. The van der Waals surface area contributed by atoms with Crippen molar-refractivity contribution in [3.05, 3.63) is 47.5 Å². The smallest absolute Gasteiger partial charge is 0.190 e. The van der Waals surface area contributed by atoms with Gasteiger partial charge >= 0.3 is 0 Å². The first-order valence-corrected chi connectivity index (χ1v) is 8.38. The van der Waals surface area contributed by atoms with Gasteiger partial charge < -0.3 is 15.4 Å². The summed E-state index contributed by atoms with van der Waals surface area (Å²) in [7, 11) is 1.63. The Bertz CT molecular complexity index is 834. The maximum Gasteiger partial charge on any atom is 0.190 e. The van der Waals surface area contributed by atoms with Gasteiger partial charge in [-0.3, -0.25) is 0 Å². The third-order valence-electron chi connectivity index (χ3n) is 3.58. The lowest BCUT2D eigenvalue weighted by Crippen LogP contribution is -2.19. The van der Waals surface area contributed by atoms with E-state index in [1.165, 1.54) is 11.1 Å². The first kappa shape index (κ1) is 15.7. The van der Waals surface area contributed by atoms with E-state index >= 15 is 0 Å². The fourth-order valence-corrected chi connectivity index (χ4v) is 3.45. The highest BCUT2D eigenvalue weighted by atomic mass is 32.1. The lowest BCUT2D eigenvalue weighted by atomic mass is 10.1. The number of fused-ring (bicyclic) bond motifs is 1. The molecule has 0 aliphatic rings. The molecule has 0 aliphatic heterocycles. The van der Waals surface area contributed by atoms with E-state index in [-0.39, 0.29) is 0 Å². The molecule has 0 unspecified atom stereocenters. The van der Waals surface area contributed by atoms with Crippen molar-refractivity contribution < 1.29 is 4.74 Å². The van der Waals surface area contributed by atoms with Crippen LogP contribution in [0.25, 0.3) is 10.2 Å². The summed E-state index contributed by atoms with van der Waals surface area (Å²) in [6.45, 7) is 4.20. The molecule has 4 nitrogen and oxygen atoms in total. The van der Waals surface area contributed by atoms with Crippen molar-refractivity contribution in [3.63, 3.8) is 0 Å². The van der Waals surface area contributed by atoms with Gasteiger partial charge in [0.1, 0.15) is 5.75 Å². The fraction of sp³-hybridized carbons (Fsp3) is 0.176. The Morgan fingerprint density at radius 2 is 1.87 bits per heavy atom. The Hall–Kier alpha value is -2.18. The molecule has 0 saturated carbocycles. The van der Waals surface area contributed by atoms with Crippen LogP contribution in [0.5, 0.6) is 5.75 Å². The average Bonchev–Trinajstić information content (AvgIpc) is 2.89. The van der Waals surface area contributed by atoms with Crippen LogP contribution in [0, 0.1) is 13.8 Å². The highest BCUT2D eigenvalue weighted by Gasteiger charge is 2.09. The largest absolute Gasteiger partial charge is 0.495 e. The van der Waals surface area contributed by atoms with Crippen LogP contribution in [0.15, 0.2) is 36.4 Å². The molecule has 0 radical (unpaired) electrons. The summed E-state index contributed by atoms with van der Waals surface area (Å²) in [6.07, 6.45) is 0. The normalized spacial score (nSPS) is 10.6. The first-order valence-electron chi connectivity index (χ1n) is 7.15. The molecule has 2 aromatic carbocycles. The zero-order valence-electron chi connectivity index (χ0n) is 13.1. The number of hydrogen-bond acceptors (Lipinski definition) is 4. The Morgan fingerprint density at radius 1 is 1.13 bits per heavy atom. The molecule has 0 bridgehead atoms. The van der Waals surface area contributed by atoms with Crippen molar-refractivity contribution in [2.24, 2.45) is 0 Å². The Labute approximate surface area is 144 Å². The predicted molar refractivity (Wildman–Crippen MR) is 102 cm³/mol. The summed E-state index contributed by atoms with van der Waals surface area (Å²) in [5.41, 5.74) is 4.31. The second-order valence-corrected chi connectivity index (χ2v) is 6.64. The minimum Gasteiger partial charge on any atom is -0.495 e. The van der Waals surface area contributed by atoms with Gasteiger partial charge in [-0.15, -0.1) is 0 Å². The number of nitrogens with one attached hydrogen (secondary N) is 2. The van der Waals surface area contributed by atoms with Crippen LogP contribution in [0.4, 0.5) is 10.8 Å². The third kappa shape index (κ3) is 3.43. The third-order valence-corrected chi connectivity index (χ3v) is 4.72. The van der Waals surface area contributed by atoms with Crippen LogP contribution in [0.3, 0.4) is 0 Å². The summed E-state index contributed by atoms with van der Waals surface area (Å²) < 4.78 is 6.46. The van der Waals surface area contributed by atoms with Crippen LogP contribution in [-0.2, 0) is 0 Å². The van der Waals surface area contributed by atoms with Crippen LogP contribution in [0.1, 0.15) is 11.1 Å². The topological polar surface area (TPSA) is 46.2 Å². The molecule has 0 amide bonds. The summed E-state index contributed by atoms with van der Waals surface area (Å²) in [6, 6.07) is 11.9. The SMILES string of the molecule is COc1ccccc1NC(=S)Nc1nc2cc(C)c(C)cc2s1. The molecule has 118 valence electrons. The van der Waals surface area contributed by atoms with Crippen molar-refractivity contribution >= 4 is 49.7 Å². The van der Waals surface area contributed by atoms with Gasteiger partial charge in [0.05, 0.1) is 23.0 Å². The minimum absolute atomic E-state index is 0.488. The average molecular weight is 343 g/mol. The Kier molecular flexibility index (Phi) is 4.45. The molecule has 0 aliphatic carbocycles. The van der Waals surface area contributed by atoms with Crippen molar-refractivity contribution in [1.82, 2.24) is 4.98 Å². The molecular weight excluding hydrogens is 326 g/mol. The minimum atomic E-state index is 0.488. The number of anilines is 2. The molecule has 3 aromatic rings. The maximum absolute atomic E-state index is 5.37. The van der Waals surface area contributed by atoms with Crippen LogP contribution >= 0.6 is 23.6 Å². The van der Waals surface area contributed by atoms with E-state index < -0.39 is 0 Å². The van der Waals surface area contributed by atoms with E-state index in [1.807, 2.05) is 24.3 Å². The molecule has 0 spiro atoms. The van der Waals surface area contributed by atoms with Gasteiger partial charge in [-0.1, -0.05) is 23.5 Å². The number of thiazole rings is 1. The molecule has 1 heterocycles. The van der Waals surface area contributed by atoms with E-state index in [0.717, 1.165) is 26.8 Å². The number of nitrogens with zero attached hydrogens (tertiary/aromatic N) is 1. The van der Waals surface area contributed by atoms with E-state index in [0.29, 0.717) is 5.11 Å². The monoisotopic (exact) mass is 343 g/mol. The number of thiocarbonyl (C=S) groups is 1. The van der Waals surface area contributed by atoms with Crippen molar-refractivity contribution in [1.29, 1.82) is 0 Å². The van der Waals surface area contributed by atoms with E-state index in [9.17, 15) is 0 Å². The highest BCUT2D eigenvalue weighted by molar-refractivity contribution is 7.80. The van der Waals surface area contributed by atoms with E-state index in [4.69, 9.17) is 17.0 Å². The van der Waals surface area contributed by atoms with Gasteiger partial charge in [-0.2, -0.15) is 0 Å². The molecule has 0 saturated heterocycles. The fourth-order valence-electron chi connectivity index (χ4n) is 2.23. The Balaban J connectivity index is 1.77. The number of ether oxygens (including phenoxy) is 1. The summed E-state index contributed by atoms with van der Waals surface area (Å²) in [4.78, 5) is 4.59. The van der Waals surface area contributed by atoms with Crippen LogP contribution < -0.4 is 15.4 Å². The number of aromatic nitrogens is 1. The van der Waals surface area contributed by atoms with Gasteiger partial charge in [0.15, 0.2) is 10.2 Å². The van der Waals surface area contributed by atoms with Gasteiger partial charge in [0.25, 0.3) is 0 Å². The van der Waals surface area contributed by atoms with Crippen LogP contribution in [-0.4, -0.2) is 17.2 Å². The molecule has 6 heteroatoms. The lowest BCUT2D eigenvalue weighted by molar-refractivity contribution is 0.417.